The highest BCUT2D eigenvalue weighted by molar-refractivity contribution is 9.10. The minimum Gasteiger partial charge on any atom is -0.465 e. The standard InChI is InChI=1S/C12H13BrN2O2/c1-3-6-15-10-5-4-9(13)11(12(16)17-2)8(10)7-14-15/h4-5,7H,3,6H2,1-2H3. The van der Waals surface area contributed by atoms with Crippen LogP contribution in [-0.4, -0.2) is 22.9 Å². The van der Waals surface area contributed by atoms with E-state index in [9.17, 15) is 4.79 Å². The van der Waals surface area contributed by atoms with Crippen LogP contribution in [0.25, 0.3) is 10.9 Å². The molecule has 0 aliphatic rings. The second-order valence-electron chi connectivity index (χ2n) is 3.71. The van der Waals surface area contributed by atoms with Crippen molar-refractivity contribution in [3.63, 3.8) is 0 Å². The van der Waals surface area contributed by atoms with Crippen molar-refractivity contribution in [2.24, 2.45) is 0 Å². The zero-order valence-electron chi connectivity index (χ0n) is 9.74. The second-order valence-corrected chi connectivity index (χ2v) is 4.57. The molecule has 0 saturated heterocycles. The Morgan fingerprint density at radius 2 is 2.29 bits per heavy atom. The number of carbonyl (C=O) groups is 1. The largest absolute Gasteiger partial charge is 0.465 e. The smallest absolute Gasteiger partial charge is 0.339 e. The van der Waals surface area contributed by atoms with E-state index in [1.807, 2.05) is 16.8 Å². The quantitative estimate of drug-likeness (QED) is 0.818. The Bertz CT molecular complexity index is 563. The number of hydrogen-bond donors (Lipinski definition) is 0. The zero-order chi connectivity index (χ0) is 12.4. The molecule has 90 valence electrons. The first-order valence-corrected chi connectivity index (χ1v) is 6.20. The molecule has 0 aliphatic carbocycles. The first-order chi connectivity index (χ1) is 8.19. The van der Waals surface area contributed by atoms with E-state index in [1.54, 1.807) is 6.20 Å². The average molecular weight is 297 g/mol. The lowest BCUT2D eigenvalue weighted by Crippen LogP contribution is -2.03. The van der Waals surface area contributed by atoms with Gasteiger partial charge in [0, 0.05) is 16.4 Å². The minimum absolute atomic E-state index is 0.349. The maximum atomic E-state index is 11.7. The summed E-state index contributed by atoms with van der Waals surface area (Å²) in [5, 5.41) is 5.11. The molecule has 0 unspecified atom stereocenters. The van der Waals surface area contributed by atoms with Crippen molar-refractivity contribution in [2.75, 3.05) is 7.11 Å². The predicted molar refractivity (Wildman–Crippen MR) is 69.1 cm³/mol. The van der Waals surface area contributed by atoms with Crippen molar-refractivity contribution in [2.45, 2.75) is 19.9 Å². The lowest BCUT2D eigenvalue weighted by atomic mass is 10.1. The molecule has 1 heterocycles. The van der Waals surface area contributed by atoms with Crippen LogP contribution in [0.4, 0.5) is 0 Å². The molecular weight excluding hydrogens is 284 g/mol. The summed E-state index contributed by atoms with van der Waals surface area (Å²) in [5.74, 6) is -0.349. The molecule has 5 heteroatoms. The van der Waals surface area contributed by atoms with Crippen LogP contribution < -0.4 is 0 Å². The molecule has 2 aromatic rings. The van der Waals surface area contributed by atoms with Crippen LogP contribution in [0.2, 0.25) is 0 Å². The summed E-state index contributed by atoms with van der Waals surface area (Å²) in [7, 11) is 1.38. The summed E-state index contributed by atoms with van der Waals surface area (Å²) in [6.45, 7) is 2.93. The lowest BCUT2D eigenvalue weighted by molar-refractivity contribution is 0.0602. The van der Waals surface area contributed by atoms with E-state index in [1.165, 1.54) is 7.11 Å². The van der Waals surface area contributed by atoms with Crippen molar-refractivity contribution in [1.82, 2.24) is 9.78 Å². The van der Waals surface area contributed by atoms with E-state index in [4.69, 9.17) is 4.74 Å². The molecule has 0 radical (unpaired) electrons. The number of halogens is 1. The molecular formula is C12H13BrN2O2. The molecule has 0 aliphatic heterocycles. The van der Waals surface area contributed by atoms with Crippen LogP contribution in [0.3, 0.4) is 0 Å². The van der Waals surface area contributed by atoms with Gasteiger partial charge in [0.05, 0.1) is 24.4 Å². The van der Waals surface area contributed by atoms with E-state index in [0.29, 0.717) is 5.56 Å². The van der Waals surface area contributed by atoms with Gasteiger partial charge in [0.25, 0.3) is 0 Å². The Labute approximate surface area is 108 Å². The number of ether oxygens (including phenoxy) is 1. The van der Waals surface area contributed by atoms with Gasteiger partial charge in [0.15, 0.2) is 0 Å². The third kappa shape index (κ3) is 2.07. The molecule has 0 N–H and O–H groups in total. The monoisotopic (exact) mass is 296 g/mol. The first kappa shape index (κ1) is 12.1. The minimum atomic E-state index is -0.349. The Morgan fingerprint density at radius 1 is 1.53 bits per heavy atom. The van der Waals surface area contributed by atoms with Crippen molar-refractivity contribution >= 4 is 32.8 Å². The van der Waals surface area contributed by atoms with Gasteiger partial charge in [-0.2, -0.15) is 5.10 Å². The highest BCUT2D eigenvalue weighted by Gasteiger charge is 2.17. The number of aromatic nitrogens is 2. The second kappa shape index (κ2) is 4.87. The van der Waals surface area contributed by atoms with Crippen LogP contribution in [0.15, 0.2) is 22.8 Å². The number of fused-ring (bicyclic) bond motifs is 1. The summed E-state index contributed by atoms with van der Waals surface area (Å²) >= 11 is 3.37. The molecule has 1 aromatic heterocycles. The van der Waals surface area contributed by atoms with Gasteiger partial charge >= 0.3 is 5.97 Å². The van der Waals surface area contributed by atoms with Crippen LogP contribution in [0, 0.1) is 0 Å². The highest BCUT2D eigenvalue weighted by Crippen LogP contribution is 2.27. The zero-order valence-corrected chi connectivity index (χ0v) is 11.3. The Kier molecular flexibility index (Phi) is 3.47. The summed E-state index contributed by atoms with van der Waals surface area (Å²) in [6.07, 6.45) is 2.71. The van der Waals surface area contributed by atoms with Gasteiger partial charge in [-0.25, -0.2) is 4.79 Å². The first-order valence-electron chi connectivity index (χ1n) is 5.41. The fourth-order valence-corrected chi connectivity index (χ4v) is 2.33. The molecule has 0 spiro atoms. The third-order valence-corrected chi connectivity index (χ3v) is 3.26. The summed E-state index contributed by atoms with van der Waals surface area (Å²) in [6, 6.07) is 3.80. The Balaban J connectivity index is 2.66. The van der Waals surface area contributed by atoms with Crippen LogP contribution >= 0.6 is 15.9 Å². The molecule has 0 fully saturated rings. The highest BCUT2D eigenvalue weighted by atomic mass is 79.9. The Morgan fingerprint density at radius 3 is 2.94 bits per heavy atom. The van der Waals surface area contributed by atoms with E-state index >= 15 is 0 Å². The third-order valence-electron chi connectivity index (χ3n) is 2.60. The van der Waals surface area contributed by atoms with Crippen LogP contribution in [0.5, 0.6) is 0 Å². The molecule has 0 saturated carbocycles. The van der Waals surface area contributed by atoms with Gasteiger partial charge < -0.3 is 4.74 Å². The van der Waals surface area contributed by atoms with Gasteiger partial charge in [-0.1, -0.05) is 6.92 Å². The SMILES string of the molecule is CCCn1ncc2c(C(=O)OC)c(Br)ccc21. The maximum absolute atomic E-state index is 11.7. The molecule has 0 bridgehead atoms. The molecule has 4 nitrogen and oxygen atoms in total. The van der Waals surface area contributed by atoms with Crippen molar-refractivity contribution in [1.29, 1.82) is 0 Å². The Hall–Kier alpha value is -1.36. The fraction of sp³-hybridized carbons (Fsp3) is 0.333. The van der Waals surface area contributed by atoms with E-state index in [2.05, 4.69) is 28.0 Å². The number of aryl methyl sites for hydroxylation is 1. The summed E-state index contributed by atoms with van der Waals surface area (Å²) < 4.78 is 7.42. The molecule has 0 atom stereocenters. The average Bonchev–Trinajstić information content (AvgIpc) is 2.72. The number of methoxy groups -OCH3 is 1. The number of esters is 1. The van der Waals surface area contributed by atoms with E-state index in [0.717, 1.165) is 28.3 Å². The fourth-order valence-electron chi connectivity index (χ4n) is 1.83. The summed E-state index contributed by atoms with van der Waals surface area (Å²) in [4.78, 5) is 11.7. The van der Waals surface area contributed by atoms with Gasteiger partial charge in [0.1, 0.15) is 0 Å². The van der Waals surface area contributed by atoms with E-state index < -0.39 is 0 Å². The number of benzene rings is 1. The number of hydrogen-bond acceptors (Lipinski definition) is 3. The normalized spacial score (nSPS) is 10.8. The van der Waals surface area contributed by atoms with Crippen LogP contribution in [-0.2, 0) is 11.3 Å². The topological polar surface area (TPSA) is 44.1 Å². The van der Waals surface area contributed by atoms with Gasteiger partial charge in [0.2, 0.25) is 0 Å². The molecule has 17 heavy (non-hydrogen) atoms. The predicted octanol–water partition coefficient (Wildman–Crippen LogP) is 3.00. The number of rotatable bonds is 3. The maximum Gasteiger partial charge on any atom is 0.339 e. The number of carbonyl (C=O) groups excluding carboxylic acids is 1. The lowest BCUT2D eigenvalue weighted by Gasteiger charge is -2.05. The molecule has 0 amide bonds. The van der Waals surface area contributed by atoms with Crippen molar-refractivity contribution < 1.29 is 9.53 Å². The summed E-state index contributed by atoms with van der Waals surface area (Å²) in [5.41, 5.74) is 1.49. The van der Waals surface area contributed by atoms with Crippen molar-refractivity contribution in [3.8, 4) is 0 Å². The van der Waals surface area contributed by atoms with Gasteiger partial charge in [-0.05, 0) is 34.5 Å². The van der Waals surface area contributed by atoms with Gasteiger partial charge in [-0.3, -0.25) is 4.68 Å². The number of nitrogens with zero attached hydrogens (tertiary/aromatic N) is 2. The van der Waals surface area contributed by atoms with E-state index in [-0.39, 0.29) is 5.97 Å². The van der Waals surface area contributed by atoms with Crippen molar-refractivity contribution in [3.05, 3.63) is 28.4 Å². The molecule has 1 aromatic carbocycles. The van der Waals surface area contributed by atoms with Crippen LogP contribution in [0.1, 0.15) is 23.7 Å². The van der Waals surface area contributed by atoms with Gasteiger partial charge in [-0.15, -0.1) is 0 Å². The molecule has 2 rings (SSSR count).